The number of aliphatic carboxylic acids is 1. The summed E-state index contributed by atoms with van der Waals surface area (Å²) < 4.78 is 4.89. The standard InChI is InChI=1S/C22H25NO5/c1-3-28-18(24)14-15(2)20(22(26)27)23-21(25)19(16-10-6-4-7-11-16)17-12-8-5-9-13-17/h4-13,15,19-20H,3,14H2,1-2H3,(H,23,25)(H,26,27)/t15-,20-/m0/s1. The number of ether oxygens (including phenoxy) is 1. The van der Waals surface area contributed by atoms with Crippen molar-refractivity contribution in [2.45, 2.75) is 32.2 Å². The maximum atomic E-state index is 13.1. The van der Waals surface area contributed by atoms with Crippen LogP contribution in [-0.2, 0) is 19.1 Å². The molecule has 148 valence electrons. The summed E-state index contributed by atoms with van der Waals surface area (Å²) in [4.78, 5) is 36.5. The summed E-state index contributed by atoms with van der Waals surface area (Å²) in [5.74, 6) is -3.38. The lowest BCUT2D eigenvalue weighted by Gasteiger charge is -2.24. The van der Waals surface area contributed by atoms with Gasteiger partial charge in [-0.15, -0.1) is 0 Å². The van der Waals surface area contributed by atoms with Crippen LogP contribution in [0.4, 0.5) is 0 Å². The fraction of sp³-hybridized carbons (Fsp3) is 0.318. The molecule has 0 heterocycles. The van der Waals surface area contributed by atoms with Crippen molar-refractivity contribution < 1.29 is 24.2 Å². The highest BCUT2D eigenvalue weighted by Gasteiger charge is 2.32. The summed E-state index contributed by atoms with van der Waals surface area (Å²) in [5.41, 5.74) is 1.52. The van der Waals surface area contributed by atoms with Gasteiger partial charge in [-0.2, -0.15) is 0 Å². The lowest BCUT2D eigenvalue weighted by atomic mass is 9.89. The fourth-order valence-corrected chi connectivity index (χ4v) is 3.07. The number of benzene rings is 2. The molecule has 0 saturated heterocycles. The van der Waals surface area contributed by atoms with Crippen LogP contribution in [0.3, 0.4) is 0 Å². The second-order valence-electron chi connectivity index (χ2n) is 6.57. The van der Waals surface area contributed by atoms with E-state index in [9.17, 15) is 19.5 Å². The highest BCUT2D eigenvalue weighted by molar-refractivity contribution is 5.91. The molecule has 28 heavy (non-hydrogen) atoms. The minimum Gasteiger partial charge on any atom is -0.480 e. The van der Waals surface area contributed by atoms with Gasteiger partial charge in [0, 0.05) is 0 Å². The maximum absolute atomic E-state index is 13.1. The van der Waals surface area contributed by atoms with Crippen LogP contribution in [0, 0.1) is 5.92 Å². The average molecular weight is 383 g/mol. The van der Waals surface area contributed by atoms with Gasteiger partial charge in [-0.05, 0) is 24.0 Å². The van der Waals surface area contributed by atoms with E-state index in [4.69, 9.17) is 4.74 Å². The van der Waals surface area contributed by atoms with Gasteiger partial charge in [0.05, 0.1) is 18.9 Å². The largest absolute Gasteiger partial charge is 0.480 e. The number of esters is 1. The summed E-state index contributed by atoms with van der Waals surface area (Å²) in [6.45, 7) is 3.51. The van der Waals surface area contributed by atoms with Gasteiger partial charge in [0.1, 0.15) is 6.04 Å². The van der Waals surface area contributed by atoms with Gasteiger partial charge in [-0.25, -0.2) is 4.79 Å². The van der Waals surface area contributed by atoms with Crippen molar-refractivity contribution in [2.75, 3.05) is 6.61 Å². The maximum Gasteiger partial charge on any atom is 0.326 e. The van der Waals surface area contributed by atoms with Gasteiger partial charge in [0.15, 0.2) is 0 Å². The molecule has 0 saturated carbocycles. The molecule has 0 aliphatic heterocycles. The first-order valence-electron chi connectivity index (χ1n) is 9.22. The quantitative estimate of drug-likeness (QED) is 0.650. The van der Waals surface area contributed by atoms with Crippen molar-refractivity contribution in [2.24, 2.45) is 5.92 Å². The van der Waals surface area contributed by atoms with Gasteiger partial charge in [0.2, 0.25) is 5.91 Å². The molecule has 2 rings (SSSR count). The molecule has 0 aliphatic rings. The number of carboxylic acid groups (broad SMARTS) is 1. The Labute approximate surface area is 164 Å². The number of nitrogens with one attached hydrogen (secondary N) is 1. The third-order valence-corrected chi connectivity index (χ3v) is 4.45. The van der Waals surface area contributed by atoms with E-state index in [1.165, 1.54) is 0 Å². The zero-order chi connectivity index (χ0) is 20.5. The van der Waals surface area contributed by atoms with Crippen LogP contribution < -0.4 is 5.32 Å². The third kappa shape index (κ3) is 5.67. The van der Waals surface area contributed by atoms with Crippen LogP contribution in [0.5, 0.6) is 0 Å². The first kappa shape index (κ1) is 21.2. The molecule has 2 atom stereocenters. The third-order valence-electron chi connectivity index (χ3n) is 4.45. The van der Waals surface area contributed by atoms with Crippen molar-refractivity contribution in [1.29, 1.82) is 0 Å². The van der Waals surface area contributed by atoms with Gasteiger partial charge in [0.25, 0.3) is 0 Å². The van der Waals surface area contributed by atoms with Gasteiger partial charge in [-0.1, -0.05) is 67.6 Å². The summed E-state index contributed by atoms with van der Waals surface area (Å²) in [6.07, 6.45) is -0.0908. The molecule has 2 aromatic carbocycles. The van der Waals surface area contributed by atoms with Crippen molar-refractivity contribution >= 4 is 17.8 Å². The summed E-state index contributed by atoms with van der Waals surface area (Å²) >= 11 is 0. The molecule has 0 radical (unpaired) electrons. The zero-order valence-electron chi connectivity index (χ0n) is 16.0. The minimum atomic E-state index is -1.20. The molecular weight excluding hydrogens is 358 g/mol. The molecule has 6 heteroatoms. The normalized spacial score (nSPS) is 12.8. The molecule has 2 aromatic rings. The Morgan fingerprint density at radius 2 is 1.46 bits per heavy atom. The first-order valence-corrected chi connectivity index (χ1v) is 9.22. The van der Waals surface area contributed by atoms with E-state index in [0.29, 0.717) is 0 Å². The van der Waals surface area contributed by atoms with E-state index in [1.54, 1.807) is 13.8 Å². The number of rotatable bonds is 9. The fourth-order valence-electron chi connectivity index (χ4n) is 3.07. The Bertz CT molecular complexity index is 752. The molecule has 0 fully saturated rings. The van der Waals surface area contributed by atoms with E-state index in [1.807, 2.05) is 60.7 Å². The molecule has 0 spiro atoms. The van der Waals surface area contributed by atoms with Crippen LogP contribution in [0.25, 0.3) is 0 Å². The monoisotopic (exact) mass is 383 g/mol. The SMILES string of the molecule is CCOC(=O)C[C@H](C)[C@H](NC(=O)C(c1ccccc1)c1ccccc1)C(=O)O. The van der Waals surface area contributed by atoms with Gasteiger partial charge >= 0.3 is 11.9 Å². The van der Waals surface area contributed by atoms with Gasteiger partial charge < -0.3 is 15.2 Å². The second kappa shape index (κ2) is 10.3. The van der Waals surface area contributed by atoms with E-state index >= 15 is 0 Å². The lowest BCUT2D eigenvalue weighted by Crippen LogP contribution is -2.47. The molecular formula is C22H25NO5. The number of hydrogen-bond donors (Lipinski definition) is 2. The number of carbonyl (C=O) groups excluding carboxylic acids is 2. The first-order chi connectivity index (χ1) is 13.4. The van der Waals surface area contributed by atoms with Crippen LogP contribution in [0.2, 0.25) is 0 Å². The van der Waals surface area contributed by atoms with E-state index in [0.717, 1.165) is 11.1 Å². The smallest absolute Gasteiger partial charge is 0.326 e. The zero-order valence-corrected chi connectivity index (χ0v) is 16.0. The van der Waals surface area contributed by atoms with Crippen molar-refractivity contribution in [3.05, 3.63) is 71.8 Å². The Kier molecular flexibility index (Phi) is 7.75. The van der Waals surface area contributed by atoms with E-state index < -0.39 is 35.7 Å². The predicted molar refractivity (Wildman–Crippen MR) is 105 cm³/mol. The Hall–Kier alpha value is -3.15. The predicted octanol–water partition coefficient (Wildman–Crippen LogP) is 2.98. The molecule has 1 amide bonds. The van der Waals surface area contributed by atoms with Gasteiger partial charge in [-0.3, -0.25) is 9.59 Å². The number of amides is 1. The molecule has 0 unspecified atom stereocenters. The van der Waals surface area contributed by atoms with Crippen molar-refractivity contribution in [1.82, 2.24) is 5.32 Å². The molecule has 2 N–H and O–H groups in total. The number of carbonyl (C=O) groups is 3. The summed E-state index contributed by atoms with van der Waals surface area (Å²) in [6, 6.07) is 17.1. The summed E-state index contributed by atoms with van der Waals surface area (Å²) in [5, 5.41) is 12.2. The molecule has 0 aliphatic carbocycles. The Morgan fingerprint density at radius 1 is 0.964 bits per heavy atom. The molecule has 6 nitrogen and oxygen atoms in total. The van der Waals surface area contributed by atoms with Crippen LogP contribution >= 0.6 is 0 Å². The molecule has 0 aromatic heterocycles. The van der Waals surface area contributed by atoms with Crippen LogP contribution in [-0.4, -0.2) is 35.6 Å². The van der Waals surface area contributed by atoms with E-state index in [2.05, 4.69) is 5.32 Å². The molecule has 0 bridgehead atoms. The Morgan fingerprint density at radius 3 is 1.89 bits per heavy atom. The Balaban J connectivity index is 2.25. The van der Waals surface area contributed by atoms with E-state index in [-0.39, 0.29) is 13.0 Å². The minimum absolute atomic E-state index is 0.0908. The number of carboxylic acids is 1. The highest BCUT2D eigenvalue weighted by Crippen LogP contribution is 2.25. The van der Waals surface area contributed by atoms with Crippen molar-refractivity contribution in [3.63, 3.8) is 0 Å². The lowest BCUT2D eigenvalue weighted by molar-refractivity contribution is -0.147. The highest BCUT2D eigenvalue weighted by atomic mass is 16.5. The topological polar surface area (TPSA) is 92.7 Å². The average Bonchev–Trinajstić information content (AvgIpc) is 2.68. The number of hydrogen-bond acceptors (Lipinski definition) is 4. The van der Waals surface area contributed by atoms with Crippen LogP contribution in [0.1, 0.15) is 37.3 Å². The second-order valence-corrected chi connectivity index (χ2v) is 6.57. The van der Waals surface area contributed by atoms with Crippen molar-refractivity contribution in [3.8, 4) is 0 Å². The summed E-state index contributed by atoms with van der Waals surface area (Å²) in [7, 11) is 0. The van der Waals surface area contributed by atoms with Crippen LogP contribution in [0.15, 0.2) is 60.7 Å².